The molecule has 2 saturated heterocycles. The Morgan fingerprint density at radius 1 is 1.34 bits per heavy atom. The van der Waals surface area contributed by atoms with Gasteiger partial charge in [0.1, 0.15) is 12.2 Å². The number of sulfonamides is 1. The quantitative estimate of drug-likeness (QED) is 0.263. The molecule has 0 saturated carbocycles. The fraction of sp³-hybridized carbons (Fsp3) is 0.824. The number of H-pyrrole nitrogens is 1. The maximum absolute atomic E-state index is 12.2. The lowest BCUT2D eigenvalue weighted by molar-refractivity contribution is 0.0200. The van der Waals surface area contributed by atoms with Crippen LogP contribution >= 0.6 is 24.0 Å². The molecule has 3 N–H and O–H groups in total. The fourth-order valence-corrected chi connectivity index (χ4v) is 4.62. The van der Waals surface area contributed by atoms with Crippen LogP contribution in [0.5, 0.6) is 0 Å². The minimum Gasteiger partial charge on any atom is -0.377 e. The van der Waals surface area contributed by atoms with Gasteiger partial charge in [-0.2, -0.15) is 5.10 Å². The highest BCUT2D eigenvalue weighted by molar-refractivity contribution is 14.0. The highest BCUT2D eigenvalue weighted by Crippen LogP contribution is 2.24. The van der Waals surface area contributed by atoms with E-state index in [1.165, 1.54) is 6.33 Å². The first-order valence-electron chi connectivity index (χ1n) is 9.97. The van der Waals surface area contributed by atoms with Crippen molar-refractivity contribution in [3.63, 3.8) is 0 Å². The van der Waals surface area contributed by atoms with E-state index >= 15 is 0 Å². The molecular formula is C17H32IN7O3S. The van der Waals surface area contributed by atoms with Crippen LogP contribution in [-0.4, -0.2) is 86.1 Å². The van der Waals surface area contributed by atoms with E-state index in [4.69, 9.17) is 4.74 Å². The van der Waals surface area contributed by atoms with E-state index in [0.717, 1.165) is 63.6 Å². The zero-order valence-corrected chi connectivity index (χ0v) is 20.0. The summed E-state index contributed by atoms with van der Waals surface area (Å²) in [7, 11) is -1.62. The van der Waals surface area contributed by atoms with E-state index in [9.17, 15) is 8.42 Å². The molecule has 10 nitrogen and oxygen atoms in total. The van der Waals surface area contributed by atoms with Crippen LogP contribution in [0.2, 0.25) is 0 Å². The molecule has 1 unspecified atom stereocenters. The molecule has 2 fully saturated rings. The Labute approximate surface area is 189 Å². The van der Waals surface area contributed by atoms with Gasteiger partial charge in [-0.15, -0.1) is 24.0 Å². The zero-order valence-electron chi connectivity index (χ0n) is 16.8. The number of hydrogen-bond donors (Lipinski definition) is 3. The molecular weight excluding hydrogens is 509 g/mol. The second-order valence-electron chi connectivity index (χ2n) is 7.26. The molecule has 1 aromatic rings. The summed E-state index contributed by atoms with van der Waals surface area (Å²) in [5.41, 5.74) is 0. The Morgan fingerprint density at radius 2 is 2.14 bits per heavy atom. The lowest BCUT2D eigenvalue weighted by Crippen LogP contribution is -2.47. The summed E-state index contributed by atoms with van der Waals surface area (Å²) in [6.07, 6.45) is 6.51. The lowest BCUT2D eigenvalue weighted by Gasteiger charge is -2.33. The van der Waals surface area contributed by atoms with Gasteiger partial charge in [-0.3, -0.25) is 10.1 Å². The number of piperidine rings is 1. The van der Waals surface area contributed by atoms with Gasteiger partial charge in [-0.1, -0.05) is 0 Å². The molecule has 2 aliphatic heterocycles. The SMILES string of the molecule is CN=C(NCCS(=O)(=O)NCC1CCCCO1)N1CCC(c2ncn[nH]2)CC1.I. The summed E-state index contributed by atoms with van der Waals surface area (Å²) in [5.74, 6) is 2.06. The largest absolute Gasteiger partial charge is 0.377 e. The summed E-state index contributed by atoms with van der Waals surface area (Å²) >= 11 is 0. The number of guanidine groups is 1. The summed E-state index contributed by atoms with van der Waals surface area (Å²) in [4.78, 5) is 10.7. The Morgan fingerprint density at radius 3 is 2.76 bits per heavy atom. The van der Waals surface area contributed by atoms with Crippen molar-refractivity contribution in [2.75, 3.05) is 45.6 Å². The van der Waals surface area contributed by atoms with E-state index in [0.29, 0.717) is 19.0 Å². The van der Waals surface area contributed by atoms with Gasteiger partial charge >= 0.3 is 0 Å². The molecule has 0 aliphatic carbocycles. The normalized spacial score (nSPS) is 21.6. The van der Waals surface area contributed by atoms with Gasteiger partial charge < -0.3 is 15.0 Å². The number of aromatic amines is 1. The Bertz CT molecular complexity index is 715. The molecule has 29 heavy (non-hydrogen) atoms. The van der Waals surface area contributed by atoms with Crippen LogP contribution < -0.4 is 10.0 Å². The summed E-state index contributed by atoms with van der Waals surface area (Å²) in [5, 5.41) is 10.0. The molecule has 1 aromatic heterocycles. The molecule has 0 bridgehead atoms. The van der Waals surface area contributed by atoms with Gasteiger partial charge in [-0.25, -0.2) is 18.1 Å². The van der Waals surface area contributed by atoms with E-state index in [1.807, 2.05) is 0 Å². The minimum absolute atomic E-state index is 0. The summed E-state index contributed by atoms with van der Waals surface area (Å²) < 4.78 is 32.7. The Balaban J connectivity index is 0.00000300. The zero-order chi connectivity index (χ0) is 19.8. The standard InChI is InChI=1S/C17H31N7O3S.HI/c1-18-17(24-8-5-14(6-9-24)16-20-13-21-23-16)19-7-11-28(25,26)22-12-15-4-2-3-10-27-15;/h13-15,22H,2-12H2,1H3,(H,18,19)(H,20,21,23);1H. The third kappa shape index (κ3) is 7.64. The average molecular weight is 541 g/mol. The molecule has 0 radical (unpaired) electrons. The number of rotatable bonds is 7. The van der Waals surface area contributed by atoms with E-state index in [-0.39, 0.29) is 35.8 Å². The number of halogens is 1. The fourth-order valence-electron chi connectivity index (χ4n) is 3.67. The van der Waals surface area contributed by atoms with E-state index in [1.54, 1.807) is 7.05 Å². The molecule has 1 atom stereocenters. The monoisotopic (exact) mass is 541 g/mol. The third-order valence-corrected chi connectivity index (χ3v) is 6.63. The predicted octanol–water partition coefficient (Wildman–Crippen LogP) is 0.666. The van der Waals surface area contributed by atoms with Crippen molar-refractivity contribution >= 4 is 40.0 Å². The van der Waals surface area contributed by atoms with Crippen LogP contribution in [0.3, 0.4) is 0 Å². The maximum atomic E-state index is 12.2. The number of aliphatic imine (C=N–C) groups is 1. The molecule has 0 amide bonds. The van der Waals surface area contributed by atoms with Crippen LogP contribution in [0.15, 0.2) is 11.3 Å². The first-order valence-corrected chi connectivity index (χ1v) is 11.6. The van der Waals surface area contributed by atoms with Gasteiger partial charge in [0, 0.05) is 45.8 Å². The topological polar surface area (TPSA) is 125 Å². The Hall–Kier alpha value is -0.990. The first kappa shape index (κ1) is 24.3. The van der Waals surface area contributed by atoms with E-state index < -0.39 is 10.0 Å². The van der Waals surface area contributed by atoms with Crippen molar-refractivity contribution in [1.29, 1.82) is 0 Å². The van der Waals surface area contributed by atoms with Gasteiger partial charge in [-0.05, 0) is 32.1 Å². The van der Waals surface area contributed by atoms with Crippen molar-refractivity contribution in [2.45, 2.75) is 44.1 Å². The van der Waals surface area contributed by atoms with Gasteiger partial charge in [0.05, 0.1) is 11.9 Å². The molecule has 0 spiro atoms. The van der Waals surface area contributed by atoms with Crippen LogP contribution in [0.25, 0.3) is 0 Å². The third-order valence-electron chi connectivity index (χ3n) is 5.29. The number of aromatic nitrogens is 3. The van der Waals surface area contributed by atoms with Crippen molar-refractivity contribution in [2.24, 2.45) is 4.99 Å². The molecule has 0 aromatic carbocycles. The number of hydrogen-bond acceptors (Lipinski definition) is 6. The molecule has 3 heterocycles. The summed E-state index contributed by atoms with van der Waals surface area (Å²) in [6, 6.07) is 0. The molecule has 2 aliphatic rings. The van der Waals surface area contributed by atoms with E-state index in [2.05, 4.69) is 35.1 Å². The molecule has 12 heteroatoms. The summed E-state index contributed by atoms with van der Waals surface area (Å²) in [6.45, 7) is 3.07. The van der Waals surface area contributed by atoms with Gasteiger partial charge in [0.25, 0.3) is 0 Å². The van der Waals surface area contributed by atoms with Gasteiger partial charge in [0.15, 0.2) is 5.96 Å². The lowest BCUT2D eigenvalue weighted by atomic mass is 9.96. The van der Waals surface area contributed by atoms with Crippen LogP contribution in [0.4, 0.5) is 0 Å². The highest BCUT2D eigenvalue weighted by Gasteiger charge is 2.24. The average Bonchev–Trinajstić information content (AvgIpc) is 3.26. The first-order chi connectivity index (χ1) is 13.6. The Kier molecular flexibility index (Phi) is 10.1. The van der Waals surface area contributed by atoms with Crippen LogP contribution in [0, 0.1) is 0 Å². The van der Waals surface area contributed by atoms with Crippen LogP contribution in [0.1, 0.15) is 43.8 Å². The van der Waals surface area contributed by atoms with Crippen LogP contribution in [-0.2, 0) is 14.8 Å². The molecule has 166 valence electrons. The highest BCUT2D eigenvalue weighted by atomic mass is 127. The van der Waals surface area contributed by atoms with Crippen molar-refractivity contribution < 1.29 is 13.2 Å². The predicted molar refractivity (Wildman–Crippen MR) is 122 cm³/mol. The number of likely N-dealkylation sites (tertiary alicyclic amines) is 1. The van der Waals surface area contributed by atoms with Crippen molar-refractivity contribution in [3.05, 3.63) is 12.2 Å². The smallest absolute Gasteiger partial charge is 0.213 e. The van der Waals surface area contributed by atoms with Crippen molar-refractivity contribution in [3.8, 4) is 0 Å². The van der Waals surface area contributed by atoms with Crippen molar-refractivity contribution in [1.82, 2.24) is 30.1 Å². The molecule has 3 rings (SSSR count). The minimum atomic E-state index is -3.34. The second-order valence-corrected chi connectivity index (χ2v) is 9.19. The maximum Gasteiger partial charge on any atom is 0.213 e. The van der Waals surface area contributed by atoms with Gasteiger partial charge in [0.2, 0.25) is 10.0 Å². The second kappa shape index (κ2) is 12.0. The number of nitrogens with zero attached hydrogens (tertiary/aromatic N) is 4. The number of ether oxygens (including phenoxy) is 1. The number of nitrogens with one attached hydrogen (secondary N) is 3.